The second kappa shape index (κ2) is 8.50. The van der Waals surface area contributed by atoms with Gasteiger partial charge in [-0.15, -0.1) is 0 Å². The number of hydrogen-bond donors (Lipinski definition) is 4. The SMILES string of the molecule is Cc1cccc(OC[C@@H](O)Cn2c(NC[C@@H](C)O)nc3c2c(=O)[nH]c(=O)n3C)c1. The Bertz CT molecular complexity index is 1110. The number of benzene rings is 1. The van der Waals surface area contributed by atoms with Gasteiger partial charge in [-0.25, -0.2) is 4.79 Å². The summed E-state index contributed by atoms with van der Waals surface area (Å²) in [5, 5.41) is 23.0. The molecule has 0 fully saturated rings. The van der Waals surface area contributed by atoms with E-state index in [1.165, 1.54) is 16.2 Å². The molecule has 10 heteroatoms. The lowest BCUT2D eigenvalue weighted by atomic mass is 10.2. The minimum absolute atomic E-state index is 0.00262. The fourth-order valence-corrected chi connectivity index (χ4v) is 2.95. The van der Waals surface area contributed by atoms with Crippen LogP contribution in [0.5, 0.6) is 5.75 Å². The summed E-state index contributed by atoms with van der Waals surface area (Å²) in [6.45, 7) is 3.74. The van der Waals surface area contributed by atoms with Gasteiger partial charge in [0.25, 0.3) is 5.56 Å². The van der Waals surface area contributed by atoms with E-state index >= 15 is 0 Å². The van der Waals surface area contributed by atoms with Crippen molar-refractivity contribution in [2.75, 3.05) is 18.5 Å². The Kier molecular flexibility index (Phi) is 6.04. The van der Waals surface area contributed by atoms with E-state index in [9.17, 15) is 19.8 Å². The summed E-state index contributed by atoms with van der Waals surface area (Å²) >= 11 is 0. The average molecular weight is 403 g/mol. The summed E-state index contributed by atoms with van der Waals surface area (Å²) in [6.07, 6.45) is -1.60. The number of H-pyrrole nitrogens is 1. The fraction of sp³-hybridized carbons (Fsp3) is 0.421. The zero-order valence-corrected chi connectivity index (χ0v) is 16.5. The Labute approximate surface area is 166 Å². The number of aromatic nitrogens is 4. The van der Waals surface area contributed by atoms with Gasteiger partial charge in [-0.2, -0.15) is 4.98 Å². The monoisotopic (exact) mass is 403 g/mol. The van der Waals surface area contributed by atoms with Crippen molar-refractivity contribution in [3.8, 4) is 5.75 Å². The number of hydrogen-bond acceptors (Lipinski definition) is 7. The topological polar surface area (TPSA) is 134 Å². The molecule has 0 aliphatic carbocycles. The van der Waals surface area contributed by atoms with Gasteiger partial charge in [0.05, 0.1) is 12.6 Å². The molecule has 4 N–H and O–H groups in total. The Balaban J connectivity index is 1.89. The van der Waals surface area contributed by atoms with Crippen molar-refractivity contribution < 1.29 is 14.9 Å². The Morgan fingerprint density at radius 3 is 2.76 bits per heavy atom. The molecule has 0 amide bonds. The predicted octanol–water partition coefficient (Wildman–Crippen LogP) is -0.0357. The van der Waals surface area contributed by atoms with E-state index in [0.29, 0.717) is 5.75 Å². The highest BCUT2D eigenvalue weighted by molar-refractivity contribution is 5.74. The van der Waals surface area contributed by atoms with Crippen LogP contribution in [0.3, 0.4) is 0 Å². The van der Waals surface area contributed by atoms with E-state index in [4.69, 9.17) is 4.74 Å². The first-order valence-corrected chi connectivity index (χ1v) is 9.25. The number of aromatic amines is 1. The summed E-state index contributed by atoms with van der Waals surface area (Å²) in [5.74, 6) is 0.898. The molecule has 2 atom stereocenters. The van der Waals surface area contributed by atoms with Gasteiger partial charge < -0.3 is 24.8 Å². The van der Waals surface area contributed by atoms with Crippen LogP contribution in [0.1, 0.15) is 12.5 Å². The Morgan fingerprint density at radius 1 is 1.31 bits per heavy atom. The molecule has 156 valence electrons. The predicted molar refractivity (Wildman–Crippen MR) is 108 cm³/mol. The molecule has 0 spiro atoms. The number of rotatable bonds is 8. The molecule has 0 unspecified atom stereocenters. The number of nitrogens with one attached hydrogen (secondary N) is 2. The lowest BCUT2D eigenvalue weighted by molar-refractivity contribution is 0.0937. The van der Waals surface area contributed by atoms with E-state index in [2.05, 4.69) is 15.3 Å². The molecule has 0 aliphatic heterocycles. The minimum Gasteiger partial charge on any atom is -0.491 e. The minimum atomic E-state index is -0.948. The van der Waals surface area contributed by atoms with Gasteiger partial charge in [0.2, 0.25) is 5.95 Å². The lowest BCUT2D eigenvalue weighted by Crippen LogP contribution is -2.31. The first-order valence-electron chi connectivity index (χ1n) is 9.25. The van der Waals surface area contributed by atoms with Gasteiger partial charge in [0, 0.05) is 13.6 Å². The summed E-state index contributed by atoms with van der Waals surface area (Å²) in [6, 6.07) is 7.45. The van der Waals surface area contributed by atoms with Gasteiger partial charge in [-0.1, -0.05) is 12.1 Å². The first-order chi connectivity index (χ1) is 13.8. The number of anilines is 1. The number of fused-ring (bicyclic) bond motifs is 1. The molecular formula is C19H25N5O5. The first kappa shape index (κ1) is 20.6. The average Bonchev–Trinajstić information content (AvgIpc) is 3.02. The highest BCUT2D eigenvalue weighted by Gasteiger charge is 2.20. The van der Waals surface area contributed by atoms with Gasteiger partial charge in [-0.05, 0) is 31.5 Å². The van der Waals surface area contributed by atoms with Crippen molar-refractivity contribution in [2.24, 2.45) is 7.05 Å². The van der Waals surface area contributed by atoms with Crippen LogP contribution < -0.4 is 21.3 Å². The van der Waals surface area contributed by atoms with Gasteiger partial charge in [0.1, 0.15) is 18.5 Å². The summed E-state index contributed by atoms with van der Waals surface area (Å²) in [5.41, 5.74) is 0.174. The third-order valence-electron chi connectivity index (χ3n) is 4.39. The second-order valence-corrected chi connectivity index (χ2v) is 7.05. The maximum Gasteiger partial charge on any atom is 0.329 e. The number of imidazole rings is 1. The van der Waals surface area contributed by atoms with Crippen molar-refractivity contribution in [1.82, 2.24) is 19.1 Å². The number of nitrogens with zero attached hydrogens (tertiary/aromatic N) is 3. The van der Waals surface area contributed by atoms with Gasteiger partial charge in [-0.3, -0.25) is 14.3 Å². The zero-order chi connectivity index (χ0) is 21.1. The van der Waals surface area contributed by atoms with E-state index in [-0.39, 0.29) is 36.8 Å². The van der Waals surface area contributed by atoms with Crippen molar-refractivity contribution in [3.05, 3.63) is 50.7 Å². The van der Waals surface area contributed by atoms with E-state index < -0.39 is 23.5 Å². The van der Waals surface area contributed by atoms with Crippen LogP contribution in [0.25, 0.3) is 11.2 Å². The molecule has 2 aromatic heterocycles. The fourth-order valence-electron chi connectivity index (χ4n) is 2.95. The van der Waals surface area contributed by atoms with Crippen molar-refractivity contribution in [1.29, 1.82) is 0 Å². The summed E-state index contributed by atoms with van der Waals surface area (Å²) in [4.78, 5) is 30.8. The zero-order valence-electron chi connectivity index (χ0n) is 16.5. The second-order valence-electron chi connectivity index (χ2n) is 7.05. The largest absolute Gasteiger partial charge is 0.491 e. The van der Waals surface area contributed by atoms with Crippen LogP contribution >= 0.6 is 0 Å². The quantitative estimate of drug-likeness (QED) is 0.415. The smallest absolute Gasteiger partial charge is 0.329 e. The van der Waals surface area contributed by atoms with Gasteiger partial charge >= 0.3 is 5.69 Å². The molecule has 10 nitrogen and oxygen atoms in total. The number of aliphatic hydroxyl groups is 2. The number of aliphatic hydroxyl groups excluding tert-OH is 2. The molecule has 0 saturated carbocycles. The van der Waals surface area contributed by atoms with Crippen LogP contribution in [0.4, 0.5) is 5.95 Å². The van der Waals surface area contributed by atoms with Gasteiger partial charge in [0.15, 0.2) is 11.2 Å². The molecule has 29 heavy (non-hydrogen) atoms. The Hall–Kier alpha value is -3.11. The molecule has 0 aliphatic rings. The molecule has 0 bridgehead atoms. The Morgan fingerprint density at radius 2 is 2.07 bits per heavy atom. The van der Waals surface area contributed by atoms with Crippen LogP contribution in [0, 0.1) is 6.92 Å². The molecule has 1 aromatic carbocycles. The van der Waals surface area contributed by atoms with E-state index in [1.54, 1.807) is 13.0 Å². The highest BCUT2D eigenvalue weighted by atomic mass is 16.5. The van der Waals surface area contributed by atoms with Crippen LogP contribution in [-0.2, 0) is 13.6 Å². The maximum atomic E-state index is 12.4. The van der Waals surface area contributed by atoms with E-state index in [1.807, 2.05) is 25.1 Å². The molecule has 3 aromatic rings. The summed E-state index contributed by atoms with van der Waals surface area (Å²) < 4.78 is 8.34. The van der Waals surface area contributed by atoms with Crippen LogP contribution in [-0.4, -0.2) is 54.7 Å². The molecule has 0 radical (unpaired) electrons. The summed E-state index contributed by atoms with van der Waals surface area (Å²) in [7, 11) is 1.49. The molecule has 2 heterocycles. The van der Waals surface area contributed by atoms with Crippen molar-refractivity contribution >= 4 is 17.1 Å². The molecule has 3 rings (SSSR count). The third-order valence-corrected chi connectivity index (χ3v) is 4.39. The van der Waals surface area contributed by atoms with Crippen LogP contribution in [0.2, 0.25) is 0 Å². The standard InChI is InChI=1S/C19H25N5O5/c1-11-5-4-6-14(7-11)29-10-13(26)9-24-15-16(21-18(24)20-8-12(2)25)23(3)19(28)22-17(15)27/h4-7,12-13,25-26H,8-10H2,1-3H3,(H,20,21)(H,22,27,28)/t12-,13+/m1/s1. The molecular weight excluding hydrogens is 378 g/mol. The normalized spacial score (nSPS) is 13.4. The van der Waals surface area contributed by atoms with E-state index in [0.717, 1.165) is 5.56 Å². The maximum absolute atomic E-state index is 12.4. The highest BCUT2D eigenvalue weighted by Crippen LogP contribution is 2.17. The lowest BCUT2D eigenvalue weighted by Gasteiger charge is -2.16. The number of aryl methyl sites for hydroxylation is 2. The molecule has 0 saturated heterocycles. The third kappa shape index (κ3) is 4.66. The van der Waals surface area contributed by atoms with Crippen LogP contribution in [0.15, 0.2) is 33.9 Å². The van der Waals surface area contributed by atoms with Crippen molar-refractivity contribution in [2.45, 2.75) is 32.6 Å². The number of ether oxygens (including phenoxy) is 1. The van der Waals surface area contributed by atoms with Crippen molar-refractivity contribution in [3.63, 3.8) is 0 Å².